The zero-order valence-corrected chi connectivity index (χ0v) is 10.3. The molecule has 2 N–H and O–H groups in total. The molecule has 0 aliphatic heterocycles. The van der Waals surface area contributed by atoms with Crippen LogP contribution in [0.4, 0.5) is 5.69 Å². The number of hydrogen-bond donors (Lipinski definition) is 2. The first kappa shape index (κ1) is 14.1. The monoisotopic (exact) mass is 252 g/mol. The maximum Gasteiger partial charge on any atom is 0.307 e. The molecule has 1 rings (SSSR count). The van der Waals surface area contributed by atoms with E-state index in [1.54, 1.807) is 32.0 Å². The SMILES string of the molecule is CC(NCc1ccccc1[N+](=O)[O-])C(C)C(=O)O. The molecule has 0 radical (unpaired) electrons. The molecule has 0 amide bonds. The van der Waals surface area contributed by atoms with Gasteiger partial charge in [-0.05, 0) is 6.92 Å². The lowest BCUT2D eigenvalue weighted by atomic mass is 10.0. The van der Waals surface area contributed by atoms with Crippen molar-refractivity contribution >= 4 is 11.7 Å². The molecule has 0 spiro atoms. The van der Waals surface area contributed by atoms with Crippen molar-refractivity contribution in [2.45, 2.75) is 26.4 Å². The van der Waals surface area contributed by atoms with Gasteiger partial charge in [0.05, 0.1) is 10.8 Å². The van der Waals surface area contributed by atoms with Crippen LogP contribution in [-0.4, -0.2) is 22.0 Å². The Labute approximate surface area is 105 Å². The van der Waals surface area contributed by atoms with E-state index in [-0.39, 0.29) is 18.3 Å². The summed E-state index contributed by atoms with van der Waals surface area (Å²) in [5, 5.41) is 22.6. The average molecular weight is 252 g/mol. The molecule has 0 saturated heterocycles. The van der Waals surface area contributed by atoms with Crippen LogP contribution in [0.25, 0.3) is 0 Å². The van der Waals surface area contributed by atoms with Gasteiger partial charge in [-0.25, -0.2) is 0 Å². The van der Waals surface area contributed by atoms with Gasteiger partial charge in [-0.2, -0.15) is 0 Å². The fourth-order valence-corrected chi connectivity index (χ4v) is 1.50. The molecule has 0 aliphatic carbocycles. The van der Waals surface area contributed by atoms with Crippen LogP contribution in [0.1, 0.15) is 19.4 Å². The number of nitrogens with one attached hydrogen (secondary N) is 1. The summed E-state index contributed by atoms with van der Waals surface area (Å²) in [5.41, 5.74) is 0.590. The Kier molecular flexibility index (Phi) is 4.79. The van der Waals surface area contributed by atoms with Crippen LogP contribution in [0.5, 0.6) is 0 Å². The first-order chi connectivity index (χ1) is 8.43. The second-order valence-corrected chi connectivity index (χ2v) is 4.18. The molecule has 98 valence electrons. The van der Waals surface area contributed by atoms with Crippen LogP contribution in [-0.2, 0) is 11.3 Å². The Bertz CT molecular complexity index is 447. The third kappa shape index (κ3) is 3.53. The molecule has 0 aromatic heterocycles. The highest BCUT2D eigenvalue weighted by Gasteiger charge is 2.20. The summed E-state index contributed by atoms with van der Waals surface area (Å²) < 4.78 is 0. The summed E-state index contributed by atoms with van der Waals surface area (Å²) in [6.07, 6.45) is 0. The fraction of sp³-hybridized carbons (Fsp3) is 0.417. The normalized spacial score (nSPS) is 13.9. The van der Waals surface area contributed by atoms with E-state index in [1.807, 2.05) is 0 Å². The highest BCUT2D eigenvalue weighted by atomic mass is 16.6. The topological polar surface area (TPSA) is 92.5 Å². The molecule has 1 aromatic carbocycles. The van der Waals surface area contributed by atoms with E-state index in [9.17, 15) is 14.9 Å². The summed E-state index contributed by atoms with van der Waals surface area (Å²) in [5.74, 6) is -1.44. The Balaban J connectivity index is 2.69. The van der Waals surface area contributed by atoms with Crippen LogP contribution in [0.2, 0.25) is 0 Å². The highest BCUT2D eigenvalue weighted by molar-refractivity contribution is 5.70. The van der Waals surface area contributed by atoms with Gasteiger partial charge in [-0.1, -0.05) is 25.1 Å². The molecule has 18 heavy (non-hydrogen) atoms. The maximum atomic E-state index is 10.8. The molecular weight excluding hydrogens is 236 g/mol. The van der Waals surface area contributed by atoms with E-state index < -0.39 is 16.8 Å². The van der Waals surface area contributed by atoms with Gasteiger partial charge in [-0.15, -0.1) is 0 Å². The van der Waals surface area contributed by atoms with E-state index in [0.29, 0.717) is 5.56 Å². The second kappa shape index (κ2) is 6.11. The second-order valence-electron chi connectivity index (χ2n) is 4.18. The highest BCUT2D eigenvalue weighted by Crippen LogP contribution is 2.17. The standard InChI is InChI=1S/C12H16N2O4/c1-8(12(15)16)9(2)13-7-10-5-3-4-6-11(10)14(17)18/h3-6,8-9,13H,7H2,1-2H3,(H,15,16). The number of rotatable bonds is 6. The van der Waals surface area contributed by atoms with Gasteiger partial charge in [0.1, 0.15) is 0 Å². The summed E-state index contributed by atoms with van der Waals surface area (Å²) in [4.78, 5) is 21.1. The van der Waals surface area contributed by atoms with Crippen molar-refractivity contribution < 1.29 is 14.8 Å². The quantitative estimate of drug-likeness (QED) is 0.594. The van der Waals surface area contributed by atoms with Crippen LogP contribution >= 0.6 is 0 Å². The molecule has 0 bridgehead atoms. The minimum atomic E-state index is -0.891. The third-order valence-corrected chi connectivity index (χ3v) is 2.94. The molecule has 0 fully saturated rings. The Morgan fingerprint density at radius 3 is 2.61 bits per heavy atom. The van der Waals surface area contributed by atoms with Gasteiger partial charge in [0.15, 0.2) is 0 Å². The van der Waals surface area contributed by atoms with Crippen molar-refractivity contribution in [3.05, 3.63) is 39.9 Å². The summed E-state index contributed by atoms with van der Waals surface area (Å²) >= 11 is 0. The average Bonchev–Trinajstić information content (AvgIpc) is 2.35. The molecule has 0 aliphatic rings. The van der Waals surface area contributed by atoms with Gasteiger partial charge >= 0.3 is 5.97 Å². The Hall–Kier alpha value is -1.95. The smallest absolute Gasteiger partial charge is 0.307 e. The minimum Gasteiger partial charge on any atom is -0.481 e. The number of nitrogens with zero attached hydrogens (tertiary/aromatic N) is 1. The van der Waals surface area contributed by atoms with Crippen LogP contribution < -0.4 is 5.32 Å². The zero-order valence-electron chi connectivity index (χ0n) is 10.3. The van der Waals surface area contributed by atoms with E-state index in [0.717, 1.165) is 0 Å². The molecule has 0 heterocycles. The number of benzene rings is 1. The summed E-state index contributed by atoms with van der Waals surface area (Å²) in [7, 11) is 0. The van der Waals surface area contributed by atoms with Gasteiger partial charge < -0.3 is 10.4 Å². The summed E-state index contributed by atoms with van der Waals surface area (Å²) in [6, 6.07) is 6.15. The number of para-hydroxylation sites is 1. The third-order valence-electron chi connectivity index (χ3n) is 2.94. The minimum absolute atomic E-state index is 0.0418. The Morgan fingerprint density at radius 2 is 2.06 bits per heavy atom. The number of carboxylic acids is 1. The van der Waals surface area contributed by atoms with E-state index in [4.69, 9.17) is 5.11 Å². The molecule has 0 saturated carbocycles. The van der Waals surface area contributed by atoms with Crippen LogP contribution in [0.15, 0.2) is 24.3 Å². The number of nitro groups is 1. The maximum absolute atomic E-state index is 10.8. The van der Waals surface area contributed by atoms with Gasteiger partial charge in [0.2, 0.25) is 0 Å². The zero-order chi connectivity index (χ0) is 13.7. The lowest BCUT2D eigenvalue weighted by Crippen LogP contribution is -2.35. The number of nitro benzene ring substituents is 1. The van der Waals surface area contributed by atoms with Crippen molar-refractivity contribution in [3.8, 4) is 0 Å². The molecule has 2 unspecified atom stereocenters. The first-order valence-corrected chi connectivity index (χ1v) is 5.62. The van der Waals surface area contributed by atoms with E-state index >= 15 is 0 Å². The van der Waals surface area contributed by atoms with E-state index in [1.165, 1.54) is 6.07 Å². The molecule has 1 aromatic rings. The lowest BCUT2D eigenvalue weighted by Gasteiger charge is -2.17. The molecule has 6 nitrogen and oxygen atoms in total. The largest absolute Gasteiger partial charge is 0.481 e. The van der Waals surface area contributed by atoms with Gasteiger partial charge in [0.25, 0.3) is 5.69 Å². The predicted molar refractivity (Wildman–Crippen MR) is 66.2 cm³/mol. The lowest BCUT2D eigenvalue weighted by molar-refractivity contribution is -0.385. The van der Waals surface area contributed by atoms with Gasteiger partial charge in [-0.3, -0.25) is 14.9 Å². The number of aliphatic carboxylic acids is 1. The first-order valence-electron chi connectivity index (χ1n) is 5.62. The Morgan fingerprint density at radius 1 is 1.44 bits per heavy atom. The van der Waals surface area contributed by atoms with Crippen molar-refractivity contribution in [2.24, 2.45) is 5.92 Å². The van der Waals surface area contributed by atoms with Crippen molar-refractivity contribution in [3.63, 3.8) is 0 Å². The number of carboxylic acid groups (broad SMARTS) is 1. The van der Waals surface area contributed by atoms with Gasteiger partial charge in [0, 0.05) is 24.2 Å². The van der Waals surface area contributed by atoms with Crippen molar-refractivity contribution in [1.82, 2.24) is 5.32 Å². The molecular formula is C12H16N2O4. The summed E-state index contributed by atoms with van der Waals surface area (Å²) in [6.45, 7) is 3.61. The van der Waals surface area contributed by atoms with Crippen LogP contribution in [0.3, 0.4) is 0 Å². The molecule has 2 atom stereocenters. The van der Waals surface area contributed by atoms with Crippen molar-refractivity contribution in [1.29, 1.82) is 0 Å². The number of hydrogen-bond acceptors (Lipinski definition) is 4. The van der Waals surface area contributed by atoms with Crippen LogP contribution in [0, 0.1) is 16.0 Å². The molecule has 6 heteroatoms. The predicted octanol–water partition coefficient (Wildman–Crippen LogP) is 1.79. The fourth-order valence-electron chi connectivity index (χ4n) is 1.50. The number of carbonyl (C=O) groups is 1. The van der Waals surface area contributed by atoms with Crippen molar-refractivity contribution in [2.75, 3.05) is 0 Å². The van der Waals surface area contributed by atoms with E-state index in [2.05, 4.69) is 5.32 Å².